The number of amides is 1. The van der Waals surface area contributed by atoms with E-state index in [-0.39, 0.29) is 23.5 Å². The number of para-hydroxylation sites is 1. The summed E-state index contributed by atoms with van der Waals surface area (Å²) >= 11 is 0. The smallest absolute Gasteiger partial charge is 0.222 e. The van der Waals surface area contributed by atoms with Gasteiger partial charge in [-0.2, -0.15) is 0 Å². The summed E-state index contributed by atoms with van der Waals surface area (Å²) in [4.78, 5) is 11.7. The second kappa shape index (κ2) is 6.26. The van der Waals surface area contributed by atoms with E-state index >= 15 is 0 Å². The van der Waals surface area contributed by atoms with E-state index in [0.717, 1.165) is 11.3 Å². The van der Waals surface area contributed by atoms with Crippen LogP contribution in [0, 0.1) is 6.92 Å². The van der Waals surface area contributed by atoms with Crippen LogP contribution in [-0.2, 0) is 14.6 Å². The van der Waals surface area contributed by atoms with E-state index < -0.39 is 9.84 Å². The zero-order valence-corrected chi connectivity index (χ0v) is 12.4. The second-order valence-electron chi connectivity index (χ2n) is 5.16. The van der Waals surface area contributed by atoms with Crippen LogP contribution >= 0.6 is 0 Å². The number of nitrogens with one attached hydrogen (secondary N) is 2. The Hall–Kier alpha value is -1.56. The summed E-state index contributed by atoms with van der Waals surface area (Å²) in [6.07, 6.45) is 0.865. The van der Waals surface area contributed by atoms with Gasteiger partial charge in [0.25, 0.3) is 0 Å². The van der Waals surface area contributed by atoms with Crippen molar-refractivity contribution in [2.24, 2.45) is 0 Å². The average Bonchev–Trinajstić information content (AvgIpc) is 2.71. The molecule has 1 aromatic carbocycles. The molecule has 2 N–H and O–H groups in total. The highest BCUT2D eigenvalue weighted by molar-refractivity contribution is 7.91. The Bertz CT molecular complexity index is 584. The Balaban J connectivity index is 1.72. The number of benzene rings is 1. The van der Waals surface area contributed by atoms with Crippen molar-refractivity contribution in [3.8, 4) is 0 Å². The fraction of sp³-hybridized carbons (Fsp3) is 0.500. The summed E-state index contributed by atoms with van der Waals surface area (Å²) in [5.74, 6) is 0.150. The van der Waals surface area contributed by atoms with Crippen LogP contribution in [0.4, 0.5) is 5.69 Å². The molecule has 1 atom stereocenters. The number of aryl methyl sites for hydroxylation is 1. The fourth-order valence-electron chi connectivity index (χ4n) is 2.29. The van der Waals surface area contributed by atoms with Gasteiger partial charge in [0.15, 0.2) is 9.84 Å². The Morgan fingerprint density at radius 3 is 2.75 bits per heavy atom. The number of carbonyl (C=O) groups is 1. The third-order valence-corrected chi connectivity index (χ3v) is 5.18. The van der Waals surface area contributed by atoms with Crippen LogP contribution in [0.15, 0.2) is 24.3 Å². The molecular weight excluding hydrogens is 276 g/mol. The molecule has 0 spiro atoms. The lowest BCUT2D eigenvalue weighted by atomic mass is 10.2. The number of anilines is 1. The van der Waals surface area contributed by atoms with Crippen LogP contribution in [0.25, 0.3) is 0 Å². The zero-order valence-electron chi connectivity index (χ0n) is 11.6. The molecule has 0 radical (unpaired) electrons. The molecule has 1 aliphatic rings. The minimum Gasteiger partial charge on any atom is -0.384 e. The predicted octanol–water partition coefficient (Wildman–Crippen LogP) is 1.10. The number of sulfone groups is 1. The molecule has 0 aliphatic carbocycles. The Labute approximate surface area is 119 Å². The molecule has 110 valence electrons. The summed E-state index contributed by atoms with van der Waals surface area (Å²) in [6.45, 7) is 2.54. The van der Waals surface area contributed by atoms with Gasteiger partial charge in [0.2, 0.25) is 5.91 Å². The monoisotopic (exact) mass is 296 g/mol. The molecule has 0 bridgehead atoms. The Kier molecular flexibility index (Phi) is 4.65. The first-order valence-corrected chi connectivity index (χ1v) is 8.58. The van der Waals surface area contributed by atoms with Crippen molar-refractivity contribution in [2.45, 2.75) is 25.8 Å². The number of carbonyl (C=O) groups excluding carboxylic acids is 1. The van der Waals surface area contributed by atoms with Crippen LogP contribution in [-0.4, -0.2) is 38.4 Å². The van der Waals surface area contributed by atoms with E-state index in [1.807, 2.05) is 31.2 Å². The van der Waals surface area contributed by atoms with Crippen molar-refractivity contribution in [2.75, 3.05) is 23.4 Å². The topological polar surface area (TPSA) is 75.3 Å². The highest BCUT2D eigenvalue weighted by Crippen LogP contribution is 2.13. The molecule has 6 heteroatoms. The van der Waals surface area contributed by atoms with E-state index in [9.17, 15) is 13.2 Å². The maximum absolute atomic E-state index is 11.7. The van der Waals surface area contributed by atoms with E-state index in [0.29, 0.717) is 19.4 Å². The van der Waals surface area contributed by atoms with E-state index in [4.69, 9.17) is 0 Å². The summed E-state index contributed by atoms with van der Waals surface area (Å²) < 4.78 is 22.6. The van der Waals surface area contributed by atoms with Crippen molar-refractivity contribution >= 4 is 21.4 Å². The maximum Gasteiger partial charge on any atom is 0.222 e. The molecule has 1 saturated heterocycles. The van der Waals surface area contributed by atoms with Crippen LogP contribution in [0.2, 0.25) is 0 Å². The minimum atomic E-state index is -2.94. The molecule has 0 saturated carbocycles. The van der Waals surface area contributed by atoms with Gasteiger partial charge in [0, 0.05) is 24.7 Å². The van der Waals surface area contributed by atoms with Crippen LogP contribution in [0.5, 0.6) is 0 Å². The lowest BCUT2D eigenvalue weighted by Crippen LogP contribution is -2.36. The predicted molar refractivity (Wildman–Crippen MR) is 79.5 cm³/mol. The largest absolute Gasteiger partial charge is 0.384 e. The lowest BCUT2D eigenvalue weighted by molar-refractivity contribution is -0.121. The van der Waals surface area contributed by atoms with Crippen LogP contribution in [0.1, 0.15) is 18.4 Å². The van der Waals surface area contributed by atoms with Crippen molar-refractivity contribution in [1.82, 2.24) is 5.32 Å². The van der Waals surface area contributed by atoms with Gasteiger partial charge >= 0.3 is 0 Å². The highest BCUT2D eigenvalue weighted by atomic mass is 32.2. The van der Waals surface area contributed by atoms with Crippen LogP contribution in [0.3, 0.4) is 0 Å². The van der Waals surface area contributed by atoms with E-state index in [1.165, 1.54) is 0 Å². The standard InChI is InChI=1S/C14H20N2O3S/c1-11-4-2-3-5-13(11)15-8-6-14(17)16-12-7-9-20(18,19)10-12/h2-5,12,15H,6-10H2,1H3,(H,16,17). The summed E-state index contributed by atoms with van der Waals surface area (Å²) in [6, 6.07) is 7.67. The first-order chi connectivity index (χ1) is 9.46. The minimum absolute atomic E-state index is 0.0734. The third-order valence-electron chi connectivity index (χ3n) is 3.41. The van der Waals surface area contributed by atoms with Gasteiger partial charge in [-0.15, -0.1) is 0 Å². The molecule has 1 aliphatic heterocycles. The SMILES string of the molecule is Cc1ccccc1NCCC(=O)NC1CCS(=O)(=O)C1. The van der Waals surface area contributed by atoms with E-state index in [1.54, 1.807) is 0 Å². The van der Waals surface area contributed by atoms with Crippen LogP contribution < -0.4 is 10.6 Å². The fourth-order valence-corrected chi connectivity index (χ4v) is 3.96. The molecule has 1 heterocycles. The molecule has 1 aromatic rings. The number of hydrogen-bond donors (Lipinski definition) is 2. The third kappa shape index (κ3) is 4.23. The summed E-state index contributed by atoms with van der Waals surface area (Å²) in [5.41, 5.74) is 2.15. The van der Waals surface area contributed by atoms with Crippen molar-refractivity contribution in [1.29, 1.82) is 0 Å². The Morgan fingerprint density at radius 1 is 1.35 bits per heavy atom. The van der Waals surface area contributed by atoms with Gasteiger partial charge < -0.3 is 10.6 Å². The molecule has 1 amide bonds. The van der Waals surface area contributed by atoms with Crippen molar-refractivity contribution < 1.29 is 13.2 Å². The highest BCUT2D eigenvalue weighted by Gasteiger charge is 2.28. The summed E-state index contributed by atoms with van der Waals surface area (Å²) in [5, 5.41) is 5.98. The summed E-state index contributed by atoms with van der Waals surface area (Å²) in [7, 11) is -2.94. The normalized spacial score (nSPS) is 20.6. The first kappa shape index (κ1) is 14.8. The van der Waals surface area contributed by atoms with Gasteiger partial charge in [-0.3, -0.25) is 4.79 Å². The van der Waals surface area contributed by atoms with Crippen molar-refractivity contribution in [3.05, 3.63) is 29.8 Å². The zero-order chi connectivity index (χ0) is 14.6. The van der Waals surface area contributed by atoms with Gasteiger partial charge in [-0.05, 0) is 25.0 Å². The van der Waals surface area contributed by atoms with Gasteiger partial charge in [0.1, 0.15) is 0 Å². The molecule has 5 nitrogen and oxygen atoms in total. The van der Waals surface area contributed by atoms with Gasteiger partial charge in [-0.25, -0.2) is 8.42 Å². The molecule has 1 unspecified atom stereocenters. The first-order valence-electron chi connectivity index (χ1n) is 6.75. The lowest BCUT2D eigenvalue weighted by Gasteiger charge is -2.12. The molecule has 2 rings (SSSR count). The second-order valence-corrected chi connectivity index (χ2v) is 7.39. The molecular formula is C14H20N2O3S. The average molecular weight is 296 g/mol. The Morgan fingerprint density at radius 2 is 2.10 bits per heavy atom. The molecule has 20 heavy (non-hydrogen) atoms. The van der Waals surface area contributed by atoms with Crippen molar-refractivity contribution in [3.63, 3.8) is 0 Å². The molecule has 1 fully saturated rings. The van der Waals surface area contributed by atoms with E-state index in [2.05, 4.69) is 10.6 Å². The number of rotatable bonds is 5. The van der Waals surface area contributed by atoms with Gasteiger partial charge in [-0.1, -0.05) is 18.2 Å². The number of hydrogen-bond acceptors (Lipinski definition) is 4. The molecule has 0 aromatic heterocycles. The maximum atomic E-state index is 11.7. The van der Waals surface area contributed by atoms with Gasteiger partial charge in [0.05, 0.1) is 11.5 Å². The quantitative estimate of drug-likeness (QED) is 0.853.